The number of anilines is 1. The number of carbonyl (C=O) groups is 1. The summed E-state index contributed by atoms with van der Waals surface area (Å²) in [5, 5.41) is 3.99. The number of H-pyrrole nitrogens is 1. The molecular formula is C23H26N2O2. The molecule has 0 saturated carbocycles. The second-order valence-corrected chi connectivity index (χ2v) is 7.76. The SMILES string of the molecule is COc1ccc2[nH]cc(/C=C(\C)C(=O)Nc3ccc(C(C)(C)C)cc3)c2c1. The Balaban J connectivity index is 1.79. The highest BCUT2D eigenvalue weighted by atomic mass is 16.5. The van der Waals surface area contributed by atoms with Crippen LogP contribution in [0.3, 0.4) is 0 Å². The summed E-state index contributed by atoms with van der Waals surface area (Å²) in [6, 6.07) is 13.9. The Bertz CT molecular complexity index is 989. The van der Waals surface area contributed by atoms with Crippen molar-refractivity contribution in [1.82, 2.24) is 4.98 Å². The second-order valence-electron chi connectivity index (χ2n) is 7.76. The number of carbonyl (C=O) groups excluding carboxylic acids is 1. The van der Waals surface area contributed by atoms with E-state index in [1.165, 1.54) is 5.56 Å². The first-order valence-corrected chi connectivity index (χ1v) is 9.03. The number of methoxy groups -OCH3 is 1. The number of fused-ring (bicyclic) bond motifs is 1. The number of hydrogen-bond donors (Lipinski definition) is 2. The third-order valence-corrected chi connectivity index (χ3v) is 4.66. The van der Waals surface area contributed by atoms with Gasteiger partial charge in [-0.2, -0.15) is 0 Å². The van der Waals surface area contributed by atoms with Gasteiger partial charge in [0.2, 0.25) is 0 Å². The van der Waals surface area contributed by atoms with Crippen molar-refractivity contribution in [2.24, 2.45) is 0 Å². The highest BCUT2D eigenvalue weighted by Crippen LogP contribution is 2.26. The molecule has 0 fully saturated rings. The third-order valence-electron chi connectivity index (χ3n) is 4.66. The van der Waals surface area contributed by atoms with Gasteiger partial charge in [0, 0.05) is 33.9 Å². The van der Waals surface area contributed by atoms with Crippen molar-refractivity contribution in [2.75, 3.05) is 12.4 Å². The van der Waals surface area contributed by atoms with Crippen LogP contribution in [0, 0.1) is 0 Å². The summed E-state index contributed by atoms with van der Waals surface area (Å²) in [5.74, 6) is 0.675. The molecule has 1 amide bonds. The van der Waals surface area contributed by atoms with Crippen LogP contribution in [0.1, 0.15) is 38.8 Å². The lowest BCUT2D eigenvalue weighted by Crippen LogP contribution is -2.14. The van der Waals surface area contributed by atoms with Gasteiger partial charge in [-0.25, -0.2) is 0 Å². The lowest BCUT2D eigenvalue weighted by Gasteiger charge is -2.19. The molecule has 4 heteroatoms. The minimum absolute atomic E-state index is 0.0920. The topological polar surface area (TPSA) is 54.1 Å². The van der Waals surface area contributed by atoms with E-state index in [2.05, 4.69) is 43.2 Å². The van der Waals surface area contributed by atoms with E-state index in [0.717, 1.165) is 27.9 Å². The van der Waals surface area contributed by atoms with Gasteiger partial charge in [0.15, 0.2) is 0 Å². The molecule has 3 aromatic rings. The molecule has 0 spiro atoms. The molecular weight excluding hydrogens is 336 g/mol. The Morgan fingerprint density at radius 2 is 1.81 bits per heavy atom. The van der Waals surface area contributed by atoms with Gasteiger partial charge in [0.25, 0.3) is 5.91 Å². The minimum Gasteiger partial charge on any atom is -0.497 e. The summed E-state index contributed by atoms with van der Waals surface area (Å²) in [7, 11) is 1.65. The first kappa shape index (κ1) is 18.8. The smallest absolute Gasteiger partial charge is 0.251 e. The fourth-order valence-electron chi connectivity index (χ4n) is 2.95. The van der Waals surface area contributed by atoms with Crippen LogP contribution in [0.2, 0.25) is 0 Å². The zero-order chi connectivity index (χ0) is 19.6. The molecule has 3 rings (SSSR count). The molecule has 140 valence electrons. The van der Waals surface area contributed by atoms with E-state index < -0.39 is 0 Å². The molecule has 1 aromatic heterocycles. The Hall–Kier alpha value is -3.01. The average Bonchev–Trinajstić information content (AvgIpc) is 3.03. The van der Waals surface area contributed by atoms with Gasteiger partial charge in [0.05, 0.1) is 7.11 Å². The van der Waals surface area contributed by atoms with Crippen molar-refractivity contribution in [3.63, 3.8) is 0 Å². The van der Waals surface area contributed by atoms with Crippen LogP contribution in [0.15, 0.2) is 54.2 Å². The van der Waals surface area contributed by atoms with E-state index in [1.807, 2.05) is 49.5 Å². The van der Waals surface area contributed by atoms with Gasteiger partial charge >= 0.3 is 0 Å². The van der Waals surface area contributed by atoms with Gasteiger partial charge in [-0.3, -0.25) is 4.79 Å². The lowest BCUT2D eigenvalue weighted by atomic mass is 9.87. The zero-order valence-corrected chi connectivity index (χ0v) is 16.5. The van der Waals surface area contributed by atoms with Crippen molar-refractivity contribution in [3.05, 3.63) is 65.4 Å². The van der Waals surface area contributed by atoms with E-state index in [4.69, 9.17) is 4.74 Å². The number of amides is 1. The van der Waals surface area contributed by atoms with E-state index in [0.29, 0.717) is 5.57 Å². The van der Waals surface area contributed by atoms with Gasteiger partial charge in [0.1, 0.15) is 5.75 Å². The number of benzene rings is 2. The van der Waals surface area contributed by atoms with Crippen LogP contribution in [0.4, 0.5) is 5.69 Å². The first-order valence-electron chi connectivity index (χ1n) is 9.03. The Labute approximate surface area is 160 Å². The van der Waals surface area contributed by atoms with Crippen molar-refractivity contribution in [2.45, 2.75) is 33.1 Å². The van der Waals surface area contributed by atoms with Crippen molar-refractivity contribution < 1.29 is 9.53 Å². The van der Waals surface area contributed by atoms with E-state index in [-0.39, 0.29) is 11.3 Å². The van der Waals surface area contributed by atoms with E-state index >= 15 is 0 Å². The fraction of sp³-hybridized carbons (Fsp3) is 0.261. The largest absolute Gasteiger partial charge is 0.497 e. The molecule has 2 aromatic carbocycles. The molecule has 0 aliphatic rings. The first-order chi connectivity index (χ1) is 12.8. The highest BCUT2D eigenvalue weighted by Gasteiger charge is 2.13. The maximum atomic E-state index is 12.6. The van der Waals surface area contributed by atoms with Crippen molar-refractivity contribution >= 4 is 28.6 Å². The van der Waals surface area contributed by atoms with Crippen LogP contribution in [-0.2, 0) is 10.2 Å². The molecule has 0 aliphatic carbocycles. The monoisotopic (exact) mass is 362 g/mol. The number of aromatic amines is 1. The number of rotatable bonds is 4. The van der Waals surface area contributed by atoms with Crippen LogP contribution >= 0.6 is 0 Å². The molecule has 0 bridgehead atoms. The Kier molecular flexibility index (Phi) is 5.08. The summed E-state index contributed by atoms with van der Waals surface area (Å²) in [6.07, 6.45) is 3.79. The van der Waals surface area contributed by atoms with Gasteiger partial charge in [-0.15, -0.1) is 0 Å². The molecule has 0 aliphatic heterocycles. The maximum absolute atomic E-state index is 12.6. The molecule has 0 atom stereocenters. The average molecular weight is 362 g/mol. The second kappa shape index (κ2) is 7.31. The molecule has 0 saturated heterocycles. The van der Waals surface area contributed by atoms with E-state index in [1.54, 1.807) is 7.11 Å². The Morgan fingerprint density at radius 1 is 1.11 bits per heavy atom. The lowest BCUT2D eigenvalue weighted by molar-refractivity contribution is -0.112. The number of nitrogens with one attached hydrogen (secondary N) is 2. The molecule has 4 nitrogen and oxygen atoms in total. The quantitative estimate of drug-likeness (QED) is 0.601. The van der Waals surface area contributed by atoms with Gasteiger partial charge in [-0.05, 0) is 54.3 Å². The van der Waals surface area contributed by atoms with Crippen LogP contribution in [0.5, 0.6) is 5.75 Å². The molecule has 0 radical (unpaired) electrons. The molecule has 1 heterocycles. The molecule has 27 heavy (non-hydrogen) atoms. The molecule has 0 unspecified atom stereocenters. The molecule has 2 N–H and O–H groups in total. The van der Waals surface area contributed by atoms with Crippen molar-refractivity contribution in [1.29, 1.82) is 0 Å². The standard InChI is InChI=1S/C23H26N2O2/c1-15(12-16-14-24-21-11-10-19(27-5)13-20(16)21)22(26)25-18-8-6-17(7-9-18)23(2,3)4/h6-14,24H,1-5H3,(H,25,26)/b15-12+. The third kappa shape index (κ3) is 4.22. The van der Waals surface area contributed by atoms with Crippen molar-refractivity contribution in [3.8, 4) is 5.75 Å². The summed E-state index contributed by atoms with van der Waals surface area (Å²) in [4.78, 5) is 15.8. The van der Waals surface area contributed by atoms with Gasteiger partial charge in [-0.1, -0.05) is 32.9 Å². The summed E-state index contributed by atoms with van der Waals surface area (Å²) < 4.78 is 5.30. The number of ether oxygens (including phenoxy) is 1. The summed E-state index contributed by atoms with van der Waals surface area (Å²) >= 11 is 0. The number of aromatic nitrogens is 1. The zero-order valence-electron chi connectivity index (χ0n) is 16.5. The Morgan fingerprint density at radius 3 is 2.44 bits per heavy atom. The minimum atomic E-state index is -0.115. The summed E-state index contributed by atoms with van der Waals surface area (Å²) in [5.41, 5.74) is 4.72. The predicted octanol–water partition coefficient (Wildman–Crippen LogP) is 5.52. The normalized spacial score (nSPS) is 12.3. The highest BCUT2D eigenvalue weighted by molar-refractivity contribution is 6.07. The summed E-state index contributed by atoms with van der Waals surface area (Å²) in [6.45, 7) is 8.33. The van der Waals surface area contributed by atoms with E-state index in [9.17, 15) is 4.79 Å². The maximum Gasteiger partial charge on any atom is 0.251 e. The predicted molar refractivity (Wildman–Crippen MR) is 112 cm³/mol. The van der Waals surface area contributed by atoms with Gasteiger partial charge < -0.3 is 15.0 Å². The van der Waals surface area contributed by atoms with Crippen LogP contribution in [-0.4, -0.2) is 18.0 Å². The fourth-order valence-corrected chi connectivity index (χ4v) is 2.95. The van der Waals surface area contributed by atoms with Crippen LogP contribution in [0.25, 0.3) is 17.0 Å². The number of hydrogen-bond acceptors (Lipinski definition) is 2. The van der Waals surface area contributed by atoms with Crippen LogP contribution < -0.4 is 10.1 Å².